The van der Waals surface area contributed by atoms with Crippen LogP contribution in [0, 0.1) is 0 Å². The van der Waals surface area contributed by atoms with E-state index in [2.05, 4.69) is 4.99 Å². The third kappa shape index (κ3) is 6.38. The Balaban J connectivity index is 1.58. The van der Waals surface area contributed by atoms with E-state index >= 15 is 0 Å². The first-order valence-electron chi connectivity index (χ1n) is 13.7. The molecule has 1 aliphatic heterocycles. The second-order valence-electron chi connectivity index (χ2n) is 10.1. The Bertz CT molecular complexity index is 1880. The van der Waals surface area contributed by atoms with Crippen LogP contribution in [0.5, 0.6) is 11.5 Å². The fourth-order valence-corrected chi connectivity index (χ4v) is 6.16. The summed E-state index contributed by atoms with van der Waals surface area (Å²) in [6.07, 6.45) is 1.82. The SMILES string of the molecule is CCOC(=O)C1=C(C)N=c2sc(=Cc3ccc(OC)c(COc4cccc(Cl)c4)c3)c(=O)n2[C@H]1c1ccc(N(C)C)cc1. The Labute approximate surface area is 258 Å². The number of benzene rings is 3. The number of aromatic nitrogens is 1. The first-order chi connectivity index (χ1) is 20.7. The van der Waals surface area contributed by atoms with E-state index in [1.165, 1.54) is 11.3 Å². The van der Waals surface area contributed by atoms with Crippen LogP contribution in [0.15, 0.2) is 87.8 Å². The van der Waals surface area contributed by atoms with Gasteiger partial charge in [-0.05, 0) is 73.5 Å². The van der Waals surface area contributed by atoms with E-state index in [4.69, 9.17) is 25.8 Å². The van der Waals surface area contributed by atoms with Gasteiger partial charge >= 0.3 is 5.97 Å². The number of anilines is 1. The summed E-state index contributed by atoms with van der Waals surface area (Å²) in [4.78, 5) is 34.3. The summed E-state index contributed by atoms with van der Waals surface area (Å²) in [5, 5.41) is 0.585. The van der Waals surface area contributed by atoms with Gasteiger partial charge in [0, 0.05) is 30.4 Å². The molecule has 0 bridgehead atoms. The Morgan fingerprint density at radius 1 is 1.12 bits per heavy atom. The number of nitrogens with zero attached hydrogens (tertiary/aromatic N) is 3. The van der Waals surface area contributed by atoms with Crippen molar-refractivity contribution in [2.24, 2.45) is 4.99 Å². The number of halogens is 1. The van der Waals surface area contributed by atoms with E-state index in [1.807, 2.05) is 79.7 Å². The zero-order chi connectivity index (χ0) is 30.7. The highest BCUT2D eigenvalue weighted by Gasteiger charge is 2.33. The van der Waals surface area contributed by atoms with Gasteiger partial charge in [0.05, 0.1) is 35.6 Å². The van der Waals surface area contributed by atoms with Crippen molar-refractivity contribution in [1.29, 1.82) is 0 Å². The topological polar surface area (TPSA) is 82.4 Å². The first kappa shape index (κ1) is 30.1. The third-order valence-corrected chi connectivity index (χ3v) is 8.25. The van der Waals surface area contributed by atoms with E-state index < -0.39 is 12.0 Å². The molecule has 222 valence electrons. The molecular weight excluding hydrogens is 586 g/mol. The molecular formula is C33H32ClN3O5S. The summed E-state index contributed by atoms with van der Waals surface area (Å²) in [6.45, 7) is 4.00. The predicted octanol–water partition coefficient (Wildman–Crippen LogP) is 5.11. The molecule has 0 unspecified atom stereocenters. The Morgan fingerprint density at radius 3 is 2.56 bits per heavy atom. The molecule has 0 radical (unpaired) electrons. The second-order valence-corrected chi connectivity index (χ2v) is 11.6. The van der Waals surface area contributed by atoms with Crippen LogP contribution in [-0.4, -0.2) is 38.3 Å². The van der Waals surface area contributed by atoms with Gasteiger partial charge in [-0.3, -0.25) is 9.36 Å². The molecule has 3 aromatic carbocycles. The molecule has 4 aromatic rings. The van der Waals surface area contributed by atoms with Crippen LogP contribution in [0.1, 0.15) is 36.6 Å². The lowest BCUT2D eigenvalue weighted by molar-refractivity contribution is -0.139. The molecule has 0 aliphatic carbocycles. The molecule has 43 heavy (non-hydrogen) atoms. The van der Waals surface area contributed by atoms with Gasteiger partial charge in [0.15, 0.2) is 4.80 Å². The summed E-state index contributed by atoms with van der Waals surface area (Å²) in [7, 11) is 5.52. The molecule has 0 fully saturated rings. The van der Waals surface area contributed by atoms with Gasteiger partial charge < -0.3 is 19.1 Å². The van der Waals surface area contributed by atoms with Gasteiger partial charge in [-0.1, -0.05) is 47.2 Å². The van der Waals surface area contributed by atoms with E-state index in [-0.39, 0.29) is 18.8 Å². The maximum absolute atomic E-state index is 14.0. The van der Waals surface area contributed by atoms with Crippen molar-refractivity contribution in [3.05, 3.63) is 119 Å². The average Bonchev–Trinajstić information content (AvgIpc) is 3.29. The van der Waals surface area contributed by atoms with Gasteiger partial charge in [-0.15, -0.1) is 0 Å². The molecule has 1 aromatic heterocycles. The van der Waals surface area contributed by atoms with Crippen LogP contribution in [0.25, 0.3) is 6.08 Å². The zero-order valence-electron chi connectivity index (χ0n) is 24.6. The lowest BCUT2D eigenvalue weighted by atomic mass is 9.95. The highest BCUT2D eigenvalue weighted by molar-refractivity contribution is 7.07. The van der Waals surface area contributed by atoms with Gasteiger partial charge in [-0.25, -0.2) is 9.79 Å². The van der Waals surface area contributed by atoms with Crippen molar-refractivity contribution in [2.45, 2.75) is 26.5 Å². The van der Waals surface area contributed by atoms with Crippen LogP contribution >= 0.6 is 22.9 Å². The van der Waals surface area contributed by atoms with Crippen molar-refractivity contribution in [2.75, 3.05) is 32.7 Å². The summed E-state index contributed by atoms with van der Waals surface area (Å²) < 4.78 is 19.0. The number of carbonyl (C=O) groups excluding carboxylic acids is 1. The van der Waals surface area contributed by atoms with Crippen LogP contribution in [-0.2, 0) is 16.1 Å². The fourth-order valence-electron chi connectivity index (χ4n) is 4.93. The number of hydrogen-bond acceptors (Lipinski definition) is 8. The molecule has 0 N–H and O–H groups in total. The van der Waals surface area contributed by atoms with Crippen LogP contribution in [0.4, 0.5) is 5.69 Å². The van der Waals surface area contributed by atoms with E-state index in [1.54, 1.807) is 37.7 Å². The maximum Gasteiger partial charge on any atom is 0.338 e. The summed E-state index contributed by atoms with van der Waals surface area (Å²) in [6, 6.07) is 20.0. The number of rotatable bonds is 9. The molecule has 10 heteroatoms. The Hall–Kier alpha value is -4.34. The van der Waals surface area contributed by atoms with E-state index in [0.717, 1.165) is 22.4 Å². The highest BCUT2D eigenvalue weighted by Crippen LogP contribution is 2.32. The number of hydrogen-bond donors (Lipinski definition) is 0. The number of esters is 1. The third-order valence-electron chi connectivity index (χ3n) is 7.03. The minimum absolute atomic E-state index is 0.215. The van der Waals surface area contributed by atoms with Gasteiger partial charge in [-0.2, -0.15) is 0 Å². The van der Waals surface area contributed by atoms with Crippen LogP contribution in [0.3, 0.4) is 0 Å². The number of fused-ring (bicyclic) bond motifs is 1. The molecule has 0 spiro atoms. The lowest BCUT2D eigenvalue weighted by Crippen LogP contribution is -2.39. The molecule has 1 atom stereocenters. The van der Waals surface area contributed by atoms with Crippen molar-refractivity contribution >= 4 is 40.7 Å². The smallest absolute Gasteiger partial charge is 0.338 e. The van der Waals surface area contributed by atoms with Crippen LogP contribution in [0.2, 0.25) is 5.02 Å². The normalized spacial score (nSPS) is 14.7. The highest BCUT2D eigenvalue weighted by atomic mass is 35.5. The van der Waals surface area contributed by atoms with E-state index in [0.29, 0.717) is 37.1 Å². The van der Waals surface area contributed by atoms with Gasteiger partial charge in [0.2, 0.25) is 0 Å². The molecule has 2 heterocycles. The van der Waals surface area contributed by atoms with Crippen molar-refractivity contribution in [3.8, 4) is 11.5 Å². The van der Waals surface area contributed by atoms with Gasteiger partial charge in [0.1, 0.15) is 18.1 Å². The predicted molar refractivity (Wildman–Crippen MR) is 170 cm³/mol. The number of carbonyl (C=O) groups is 1. The summed E-state index contributed by atoms with van der Waals surface area (Å²) in [5.74, 6) is 0.815. The average molecular weight is 618 g/mol. The standard InChI is InChI=1S/C33H32ClN3O5S/c1-6-41-32(39)29-20(2)35-33-37(30(29)22-11-13-25(14-12-22)36(3)4)31(38)28(43-33)17-21-10-15-27(40-5)23(16-21)19-42-26-9-7-8-24(34)18-26/h7-18,30H,6,19H2,1-5H3/t30-/m0/s1. The van der Waals surface area contributed by atoms with Gasteiger partial charge in [0.25, 0.3) is 5.56 Å². The fraction of sp³-hybridized carbons (Fsp3) is 0.242. The largest absolute Gasteiger partial charge is 0.496 e. The summed E-state index contributed by atoms with van der Waals surface area (Å²) in [5.41, 5.74) is 4.03. The second kappa shape index (κ2) is 12.9. The monoisotopic (exact) mass is 617 g/mol. The van der Waals surface area contributed by atoms with Crippen molar-refractivity contribution < 1.29 is 19.0 Å². The molecule has 0 saturated carbocycles. The quantitative estimate of drug-likeness (QED) is 0.243. The van der Waals surface area contributed by atoms with E-state index in [9.17, 15) is 9.59 Å². The number of ether oxygens (including phenoxy) is 3. The first-order valence-corrected chi connectivity index (χ1v) is 14.9. The number of methoxy groups -OCH3 is 1. The number of thiazole rings is 1. The minimum atomic E-state index is -0.675. The number of allylic oxidation sites excluding steroid dienone is 1. The Morgan fingerprint density at radius 2 is 1.88 bits per heavy atom. The lowest BCUT2D eigenvalue weighted by Gasteiger charge is -2.25. The minimum Gasteiger partial charge on any atom is -0.496 e. The van der Waals surface area contributed by atoms with Crippen LogP contribution < -0.4 is 29.3 Å². The molecule has 8 nitrogen and oxygen atoms in total. The summed E-state index contributed by atoms with van der Waals surface area (Å²) >= 11 is 7.38. The molecule has 0 saturated heterocycles. The molecule has 5 rings (SSSR count). The zero-order valence-corrected chi connectivity index (χ0v) is 26.2. The van der Waals surface area contributed by atoms with Crippen molar-refractivity contribution in [1.82, 2.24) is 4.57 Å². The van der Waals surface area contributed by atoms with Crippen molar-refractivity contribution in [3.63, 3.8) is 0 Å². The molecule has 0 amide bonds. The maximum atomic E-state index is 14.0. The Kier molecular flexibility index (Phi) is 9.03. The molecule has 1 aliphatic rings.